The number of rotatable bonds is 9. The summed E-state index contributed by atoms with van der Waals surface area (Å²) in [5.74, 6) is -2.25. The van der Waals surface area contributed by atoms with Gasteiger partial charge in [-0.2, -0.15) is 8.78 Å². The molecule has 1 aromatic rings. The van der Waals surface area contributed by atoms with Gasteiger partial charge in [0.2, 0.25) is 0 Å². The summed E-state index contributed by atoms with van der Waals surface area (Å²) in [6.07, 6.45) is 4.61. The lowest BCUT2D eigenvalue weighted by molar-refractivity contribution is 0.0934. The average Bonchev–Trinajstić information content (AvgIpc) is 3.26. The van der Waals surface area contributed by atoms with Crippen LogP contribution < -0.4 is 5.32 Å². The average molecular weight is 316 g/mol. The van der Waals surface area contributed by atoms with Gasteiger partial charge in [0, 0.05) is 26.0 Å². The van der Waals surface area contributed by atoms with E-state index in [2.05, 4.69) is 10.3 Å². The van der Waals surface area contributed by atoms with Crippen molar-refractivity contribution >= 4 is 17.7 Å². The Morgan fingerprint density at radius 1 is 1.52 bits per heavy atom. The summed E-state index contributed by atoms with van der Waals surface area (Å²) in [6, 6.07) is 3.06. The van der Waals surface area contributed by atoms with E-state index in [0.29, 0.717) is 19.6 Å². The summed E-state index contributed by atoms with van der Waals surface area (Å²) in [6.45, 7) is 1.85. The van der Waals surface area contributed by atoms with Crippen molar-refractivity contribution in [3.05, 3.63) is 23.9 Å². The predicted molar refractivity (Wildman–Crippen MR) is 76.6 cm³/mol. The van der Waals surface area contributed by atoms with Crippen molar-refractivity contribution in [1.29, 1.82) is 0 Å². The van der Waals surface area contributed by atoms with E-state index in [1.54, 1.807) is 6.07 Å². The number of amides is 1. The maximum atomic E-state index is 12.4. The fourth-order valence-electron chi connectivity index (χ4n) is 1.75. The van der Waals surface area contributed by atoms with Crippen LogP contribution in [0.5, 0.6) is 0 Å². The Hall–Kier alpha value is -1.21. The molecule has 0 aromatic carbocycles. The summed E-state index contributed by atoms with van der Waals surface area (Å²) < 4.78 is 30.3. The number of hydrogen-bond donors (Lipinski definition) is 1. The van der Waals surface area contributed by atoms with E-state index < -0.39 is 5.76 Å². The molecule has 1 N–H and O–H groups in total. The number of carbonyl (C=O) groups is 1. The number of thioether (sulfide) groups is 1. The minimum absolute atomic E-state index is 0.0509. The van der Waals surface area contributed by atoms with E-state index in [-0.39, 0.29) is 28.3 Å². The molecule has 1 aliphatic carbocycles. The molecule has 0 unspecified atom stereocenters. The van der Waals surface area contributed by atoms with Crippen LogP contribution in [-0.4, -0.2) is 36.4 Å². The molecule has 1 aliphatic rings. The van der Waals surface area contributed by atoms with Gasteiger partial charge in [-0.15, -0.1) is 0 Å². The number of hydrogen-bond acceptors (Lipinski definition) is 4. The van der Waals surface area contributed by atoms with Crippen LogP contribution in [0, 0.1) is 5.92 Å². The maximum Gasteiger partial charge on any atom is 0.290 e. The Morgan fingerprint density at radius 2 is 2.33 bits per heavy atom. The first-order valence-corrected chi connectivity index (χ1v) is 7.80. The zero-order valence-electron chi connectivity index (χ0n) is 11.6. The fraction of sp³-hybridized carbons (Fsp3) is 0.571. The second kappa shape index (κ2) is 8.29. The van der Waals surface area contributed by atoms with Gasteiger partial charge in [-0.1, -0.05) is 0 Å². The molecule has 1 saturated carbocycles. The molecular weight excluding hydrogens is 298 g/mol. The molecular formula is C14H18F2N2O2S. The molecule has 4 nitrogen and oxygen atoms in total. The van der Waals surface area contributed by atoms with Crippen LogP contribution >= 0.6 is 11.8 Å². The predicted octanol–water partition coefficient (Wildman–Crippen LogP) is 2.94. The molecule has 0 radical (unpaired) electrons. The minimum Gasteiger partial charge on any atom is -0.381 e. The highest BCUT2D eigenvalue weighted by Crippen LogP contribution is 2.28. The summed E-state index contributed by atoms with van der Waals surface area (Å²) in [5.41, 5.74) is 0.182. The minimum atomic E-state index is -2.60. The second-order valence-corrected chi connectivity index (χ2v) is 5.84. The number of halogens is 2. The first kappa shape index (κ1) is 16.2. The smallest absolute Gasteiger partial charge is 0.290 e. The van der Waals surface area contributed by atoms with E-state index in [1.165, 1.54) is 25.1 Å². The molecule has 2 rings (SSSR count). The Bertz CT molecular complexity index is 470. The molecule has 116 valence electrons. The van der Waals surface area contributed by atoms with Gasteiger partial charge in [-0.05, 0) is 49.1 Å². The van der Waals surface area contributed by atoms with Gasteiger partial charge in [0.15, 0.2) is 0 Å². The Balaban J connectivity index is 1.71. The van der Waals surface area contributed by atoms with Crippen LogP contribution in [0.2, 0.25) is 0 Å². The number of alkyl halides is 2. The van der Waals surface area contributed by atoms with Crippen LogP contribution in [-0.2, 0) is 4.74 Å². The third-order valence-corrected chi connectivity index (χ3v) is 3.74. The molecule has 0 saturated heterocycles. The van der Waals surface area contributed by atoms with Gasteiger partial charge in [0.05, 0.1) is 5.56 Å². The summed E-state index contributed by atoms with van der Waals surface area (Å²) in [4.78, 5) is 15.8. The molecule has 21 heavy (non-hydrogen) atoms. The number of aromatic nitrogens is 1. The number of carbonyl (C=O) groups excluding carboxylic acids is 1. The quantitative estimate of drug-likeness (QED) is 0.562. The standard InChI is InChI=1S/C14H18F2N2O2S/c15-14(16)21-13-11(3-1-6-18-13)12(19)17-7-2-8-20-9-10-4-5-10/h1,3,6,10,14H,2,4-5,7-9H2,(H,17,19). The van der Waals surface area contributed by atoms with E-state index in [9.17, 15) is 13.6 Å². The monoisotopic (exact) mass is 316 g/mol. The largest absolute Gasteiger partial charge is 0.381 e. The summed E-state index contributed by atoms with van der Waals surface area (Å²) >= 11 is 0.281. The second-order valence-electron chi connectivity index (χ2n) is 4.86. The third-order valence-electron chi connectivity index (χ3n) is 3.02. The van der Waals surface area contributed by atoms with Crippen molar-refractivity contribution in [3.63, 3.8) is 0 Å². The van der Waals surface area contributed by atoms with E-state index >= 15 is 0 Å². The Labute approximate surface area is 126 Å². The van der Waals surface area contributed by atoms with Crippen LogP contribution in [0.4, 0.5) is 8.78 Å². The molecule has 0 aliphatic heterocycles. The summed E-state index contributed by atoms with van der Waals surface area (Å²) in [5, 5.41) is 2.75. The normalized spacial score (nSPS) is 14.4. The van der Waals surface area contributed by atoms with E-state index in [1.807, 2.05) is 0 Å². The first-order valence-electron chi connectivity index (χ1n) is 6.92. The van der Waals surface area contributed by atoms with Crippen LogP contribution in [0.3, 0.4) is 0 Å². The van der Waals surface area contributed by atoms with Crippen molar-refractivity contribution in [2.24, 2.45) is 5.92 Å². The Morgan fingerprint density at radius 3 is 3.05 bits per heavy atom. The van der Waals surface area contributed by atoms with Crippen molar-refractivity contribution in [3.8, 4) is 0 Å². The SMILES string of the molecule is O=C(NCCCOCC1CC1)c1cccnc1SC(F)F. The molecule has 7 heteroatoms. The molecule has 1 aromatic heterocycles. The molecule has 1 amide bonds. The molecule has 1 heterocycles. The zero-order chi connectivity index (χ0) is 15.1. The van der Waals surface area contributed by atoms with E-state index in [0.717, 1.165) is 12.5 Å². The molecule has 0 atom stereocenters. The zero-order valence-corrected chi connectivity index (χ0v) is 12.4. The number of pyridine rings is 1. The Kier molecular flexibility index (Phi) is 6.38. The molecule has 0 bridgehead atoms. The number of nitrogens with one attached hydrogen (secondary N) is 1. The maximum absolute atomic E-state index is 12.4. The van der Waals surface area contributed by atoms with Gasteiger partial charge in [-0.25, -0.2) is 4.98 Å². The van der Waals surface area contributed by atoms with Gasteiger partial charge >= 0.3 is 0 Å². The van der Waals surface area contributed by atoms with Crippen LogP contribution in [0.15, 0.2) is 23.4 Å². The van der Waals surface area contributed by atoms with Crippen LogP contribution in [0.25, 0.3) is 0 Å². The van der Waals surface area contributed by atoms with Crippen molar-refractivity contribution in [2.45, 2.75) is 30.0 Å². The van der Waals surface area contributed by atoms with Crippen molar-refractivity contribution in [2.75, 3.05) is 19.8 Å². The highest BCUT2D eigenvalue weighted by atomic mass is 32.2. The lowest BCUT2D eigenvalue weighted by Crippen LogP contribution is -2.26. The van der Waals surface area contributed by atoms with E-state index in [4.69, 9.17) is 4.74 Å². The summed E-state index contributed by atoms with van der Waals surface area (Å²) in [7, 11) is 0. The highest BCUT2D eigenvalue weighted by Gasteiger charge is 2.21. The number of nitrogens with zero attached hydrogens (tertiary/aromatic N) is 1. The van der Waals surface area contributed by atoms with Gasteiger partial charge < -0.3 is 10.1 Å². The lowest BCUT2D eigenvalue weighted by atomic mass is 10.2. The topological polar surface area (TPSA) is 51.2 Å². The molecule has 1 fully saturated rings. The lowest BCUT2D eigenvalue weighted by Gasteiger charge is -2.09. The van der Waals surface area contributed by atoms with Gasteiger partial charge in [0.25, 0.3) is 11.7 Å². The first-order chi connectivity index (χ1) is 10.2. The van der Waals surface area contributed by atoms with Crippen molar-refractivity contribution in [1.82, 2.24) is 10.3 Å². The fourth-order valence-corrected chi connectivity index (χ4v) is 2.33. The number of ether oxygens (including phenoxy) is 1. The highest BCUT2D eigenvalue weighted by molar-refractivity contribution is 7.99. The van der Waals surface area contributed by atoms with Gasteiger partial charge in [0.1, 0.15) is 5.03 Å². The van der Waals surface area contributed by atoms with Gasteiger partial charge in [-0.3, -0.25) is 4.79 Å². The van der Waals surface area contributed by atoms with Crippen molar-refractivity contribution < 1.29 is 18.3 Å². The van der Waals surface area contributed by atoms with Crippen LogP contribution in [0.1, 0.15) is 29.6 Å². The third kappa shape index (κ3) is 5.97. The molecule has 0 spiro atoms.